The molecule has 1 heterocycles. The van der Waals surface area contributed by atoms with E-state index in [0.29, 0.717) is 6.54 Å². The van der Waals surface area contributed by atoms with Gasteiger partial charge in [-0.25, -0.2) is 4.79 Å². The van der Waals surface area contributed by atoms with Crippen molar-refractivity contribution in [3.63, 3.8) is 0 Å². The van der Waals surface area contributed by atoms with Gasteiger partial charge in [-0.3, -0.25) is 9.48 Å². The van der Waals surface area contributed by atoms with Crippen molar-refractivity contribution < 1.29 is 14.7 Å². The van der Waals surface area contributed by atoms with E-state index in [0.717, 1.165) is 5.56 Å². The van der Waals surface area contributed by atoms with Crippen LogP contribution < -0.4 is 5.32 Å². The van der Waals surface area contributed by atoms with E-state index < -0.39 is 18.0 Å². The second kappa shape index (κ2) is 5.33. The highest BCUT2D eigenvalue weighted by molar-refractivity contribution is 5.82. The topological polar surface area (TPSA) is 87.5 Å². The molecule has 0 bridgehead atoms. The number of carbonyl (C=O) groups excluding carboxylic acids is 1. The lowest BCUT2D eigenvalue weighted by atomic mass is 10.3. The van der Waals surface area contributed by atoms with Gasteiger partial charge in [0.05, 0.1) is 12.7 Å². The predicted octanol–water partition coefficient (Wildman–Crippen LogP) is 0.0346. The molecule has 0 unspecified atom stereocenters. The number of amides is 2. The zero-order valence-corrected chi connectivity index (χ0v) is 10.0. The zero-order valence-electron chi connectivity index (χ0n) is 10.0. The molecule has 1 rings (SSSR count). The summed E-state index contributed by atoms with van der Waals surface area (Å²) in [5.41, 5.74) is 0.883. The van der Waals surface area contributed by atoms with Crippen LogP contribution in [-0.4, -0.2) is 44.9 Å². The van der Waals surface area contributed by atoms with Gasteiger partial charge in [-0.05, 0) is 6.92 Å². The summed E-state index contributed by atoms with van der Waals surface area (Å²) < 4.78 is 1.64. The first-order chi connectivity index (χ1) is 7.90. The van der Waals surface area contributed by atoms with E-state index in [1.165, 1.54) is 11.8 Å². The number of urea groups is 1. The van der Waals surface area contributed by atoms with Gasteiger partial charge >= 0.3 is 12.0 Å². The Kier molecular flexibility index (Phi) is 4.08. The molecule has 0 saturated carbocycles. The fraction of sp³-hybridized carbons (Fsp3) is 0.500. The van der Waals surface area contributed by atoms with Gasteiger partial charge in [0, 0.05) is 25.9 Å². The molecule has 17 heavy (non-hydrogen) atoms. The van der Waals surface area contributed by atoms with Crippen molar-refractivity contribution in [1.82, 2.24) is 20.0 Å². The summed E-state index contributed by atoms with van der Waals surface area (Å²) in [6.07, 6.45) is 3.45. The van der Waals surface area contributed by atoms with Crippen molar-refractivity contribution in [3.8, 4) is 0 Å². The van der Waals surface area contributed by atoms with Gasteiger partial charge in [0.1, 0.15) is 6.04 Å². The lowest BCUT2D eigenvalue weighted by molar-refractivity contribution is -0.138. The summed E-state index contributed by atoms with van der Waals surface area (Å²) >= 11 is 0. The van der Waals surface area contributed by atoms with Crippen molar-refractivity contribution in [2.45, 2.75) is 19.5 Å². The minimum atomic E-state index is -1.06. The first-order valence-corrected chi connectivity index (χ1v) is 5.12. The summed E-state index contributed by atoms with van der Waals surface area (Å²) in [7, 11) is 3.38. The van der Waals surface area contributed by atoms with Gasteiger partial charge in [-0.1, -0.05) is 0 Å². The van der Waals surface area contributed by atoms with Crippen LogP contribution in [0.2, 0.25) is 0 Å². The number of nitrogens with one attached hydrogen (secondary N) is 1. The molecule has 0 spiro atoms. The highest BCUT2D eigenvalue weighted by Crippen LogP contribution is 2.01. The number of aromatic nitrogens is 2. The van der Waals surface area contributed by atoms with Crippen LogP contribution >= 0.6 is 0 Å². The fourth-order valence-electron chi connectivity index (χ4n) is 1.26. The number of aryl methyl sites for hydroxylation is 1. The molecule has 0 aliphatic heterocycles. The molecule has 2 N–H and O–H groups in total. The van der Waals surface area contributed by atoms with Crippen molar-refractivity contribution in [2.75, 3.05) is 7.05 Å². The SMILES string of the molecule is C[C@H](NC(=O)N(C)Cc1cnn(C)c1)C(=O)O. The van der Waals surface area contributed by atoms with Gasteiger partial charge in [-0.2, -0.15) is 5.10 Å². The normalized spacial score (nSPS) is 11.9. The third kappa shape index (κ3) is 3.78. The van der Waals surface area contributed by atoms with Crippen LogP contribution in [0.3, 0.4) is 0 Å². The Balaban J connectivity index is 2.50. The summed E-state index contributed by atoms with van der Waals surface area (Å²) in [4.78, 5) is 23.6. The Labute approximate surface area is 99.0 Å². The minimum absolute atomic E-state index is 0.381. The molecule has 1 aromatic rings. The first-order valence-electron chi connectivity index (χ1n) is 5.12. The summed E-state index contributed by atoms with van der Waals surface area (Å²) in [5.74, 6) is -1.06. The molecular formula is C10H16N4O3. The standard InChI is InChI=1S/C10H16N4O3/c1-7(9(15)16)12-10(17)13(2)5-8-4-11-14(3)6-8/h4,6-7H,5H2,1-3H3,(H,12,17)(H,15,16)/t7-/m0/s1. The molecule has 1 atom stereocenters. The largest absolute Gasteiger partial charge is 0.480 e. The van der Waals surface area contributed by atoms with Crippen LogP contribution in [0.25, 0.3) is 0 Å². The smallest absolute Gasteiger partial charge is 0.325 e. The van der Waals surface area contributed by atoms with E-state index in [1.807, 2.05) is 0 Å². The van der Waals surface area contributed by atoms with Crippen LogP contribution in [0.4, 0.5) is 4.79 Å². The molecule has 0 fully saturated rings. The molecule has 0 aromatic carbocycles. The highest BCUT2D eigenvalue weighted by Gasteiger charge is 2.17. The van der Waals surface area contributed by atoms with E-state index in [9.17, 15) is 9.59 Å². The highest BCUT2D eigenvalue weighted by atomic mass is 16.4. The van der Waals surface area contributed by atoms with E-state index in [4.69, 9.17) is 5.11 Å². The Morgan fingerprint density at radius 2 is 2.29 bits per heavy atom. The minimum Gasteiger partial charge on any atom is -0.480 e. The number of carboxylic acid groups (broad SMARTS) is 1. The second-order valence-electron chi connectivity index (χ2n) is 3.89. The molecular weight excluding hydrogens is 224 g/mol. The maximum absolute atomic E-state index is 11.6. The number of nitrogens with zero attached hydrogens (tertiary/aromatic N) is 3. The number of aliphatic carboxylic acids is 1. The van der Waals surface area contributed by atoms with Crippen molar-refractivity contribution in [2.24, 2.45) is 7.05 Å². The summed E-state index contributed by atoms with van der Waals surface area (Å²) in [6.45, 7) is 1.80. The number of hydrogen-bond acceptors (Lipinski definition) is 3. The van der Waals surface area contributed by atoms with Gasteiger partial charge in [0.25, 0.3) is 0 Å². The maximum atomic E-state index is 11.6. The van der Waals surface area contributed by atoms with Crippen LogP contribution in [0.5, 0.6) is 0 Å². The molecule has 0 radical (unpaired) electrons. The molecule has 1 aromatic heterocycles. The predicted molar refractivity (Wildman–Crippen MR) is 60.3 cm³/mol. The van der Waals surface area contributed by atoms with Crippen LogP contribution in [-0.2, 0) is 18.4 Å². The quantitative estimate of drug-likeness (QED) is 0.777. The number of rotatable bonds is 4. The van der Waals surface area contributed by atoms with E-state index >= 15 is 0 Å². The van der Waals surface area contributed by atoms with Gasteiger partial charge < -0.3 is 15.3 Å². The van der Waals surface area contributed by atoms with Gasteiger partial charge in [-0.15, -0.1) is 0 Å². The number of carboxylic acids is 1. The molecule has 0 aliphatic carbocycles. The third-order valence-electron chi connectivity index (χ3n) is 2.24. The Bertz CT molecular complexity index is 415. The summed E-state index contributed by atoms with van der Waals surface area (Å²) in [6, 6.07) is -1.33. The number of hydrogen-bond donors (Lipinski definition) is 2. The lowest BCUT2D eigenvalue weighted by Gasteiger charge is -2.18. The second-order valence-corrected chi connectivity index (χ2v) is 3.89. The van der Waals surface area contributed by atoms with Crippen LogP contribution in [0, 0.1) is 0 Å². The number of carbonyl (C=O) groups is 2. The fourth-order valence-corrected chi connectivity index (χ4v) is 1.26. The van der Waals surface area contributed by atoms with E-state index in [-0.39, 0.29) is 0 Å². The van der Waals surface area contributed by atoms with E-state index in [1.54, 1.807) is 31.2 Å². The molecule has 0 saturated heterocycles. The van der Waals surface area contributed by atoms with E-state index in [2.05, 4.69) is 10.4 Å². The molecule has 94 valence electrons. The van der Waals surface area contributed by atoms with Crippen molar-refractivity contribution in [1.29, 1.82) is 0 Å². The Morgan fingerprint density at radius 3 is 2.76 bits per heavy atom. The van der Waals surface area contributed by atoms with Crippen molar-refractivity contribution in [3.05, 3.63) is 18.0 Å². The monoisotopic (exact) mass is 240 g/mol. The Morgan fingerprint density at radius 1 is 1.65 bits per heavy atom. The average molecular weight is 240 g/mol. The molecule has 2 amide bonds. The third-order valence-corrected chi connectivity index (χ3v) is 2.24. The molecule has 7 nitrogen and oxygen atoms in total. The molecule has 0 aliphatic rings. The van der Waals surface area contributed by atoms with Crippen molar-refractivity contribution >= 4 is 12.0 Å². The Hall–Kier alpha value is -2.05. The van der Waals surface area contributed by atoms with Gasteiger partial charge in [0.15, 0.2) is 0 Å². The summed E-state index contributed by atoms with van der Waals surface area (Å²) in [5, 5.41) is 15.0. The zero-order chi connectivity index (χ0) is 13.0. The maximum Gasteiger partial charge on any atom is 0.325 e. The van der Waals surface area contributed by atoms with Gasteiger partial charge in [0.2, 0.25) is 0 Å². The molecule has 7 heteroatoms. The average Bonchev–Trinajstić information content (AvgIpc) is 2.63. The van der Waals surface area contributed by atoms with Crippen LogP contribution in [0.1, 0.15) is 12.5 Å². The lowest BCUT2D eigenvalue weighted by Crippen LogP contribution is -2.44. The van der Waals surface area contributed by atoms with Crippen LogP contribution in [0.15, 0.2) is 12.4 Å². The first kappa shape index (κ1) is 13.0.